The molecule has 5 nitrogen and oxygen atoms in total. The van der Waals surface area contributed by atoms with Crippen LogP contribution in [-0.4, -0.2) is 16.5 Å². The first-order valence-corrected chi connectivity index (χ1v) is 6.81. The molecule has 2 rings (SSSR count). The van der Waals surface area contributed by atoms with Gasteiger partial charge in [-0.15, -0.1) is 0 Å². The average molecular weight is 249 g/mol. The van der Waals surface area contributed by atoms with E-state index in [1.54, 1.807) is 6.20 Å². The fraction of sp³-hybridized carbons (Fsp3) is 0.692. The van der Waals surface area contributed by atoms with Crippen LogP contribution in [0.15, 0.2) is 12.3 Å². The third-order valence-corrected chi connectivity index (χ3v) is 3.69. The summed E-state index contributed by atoms with van der Waals surface area (Å²) in [5.41, 5.74) is 2.45. The molecule has 1 fully saturated rings. The molecule has 0 saturated heterocycles. The van der Waals surface area contributed by atoms with Gasteiger partial charge in [-0.2, -0.15) is 4.98 Å². The van der Waals surface area contributed by atoms with Gasteiger partial charge in [-0.05, 0) is 30.7 Å². The summed E-state index contributed by atoms with van der Waals surface area (Å²) in [5.74, 6) is 8.33. The Balaban J connectivity index is 1.74. The maximum atomic E-state index is 5.28. The predicted octanol–water partition coefficient (Wildman–Crippen LogP) is 2.39. The van der Waals surface area contributed by atoms with E-state index in [1.807, 2.05) is 6.07 Å². The maximum absolute atomic E-state index is 5.28. The lowest BCUT2D eigenvalue weighted by Crippen LogP contribution is -2.17. The first kappa shape index (κ1) is 13.1. The number of hydrogen-bond donors (Lipinski definition) is 3. The van der Waals surface area contributed by atoms with Crippen LogP contribution in [-0.2, 0) is 0 Å². The fourth-order valence-corrected chi connectivity index (χ4v) is 2.75. The van der Waals surface area contributed by atoms with Crippen LogP contribution < -0.4 is 16.6 Å². The number of nitrogen functional groups attached to an aromatic ring is 1. The van der Waals surface area contributed by atoms with E-state index in [1.165, 1.54) is 32.1 Å². The van der Waals surface area contributed by atoms with Gasteiger partial charge in [0.2, 0.25) is 5.95 Å². The maximum Gasteiger partial charge on any atom is 0.239 e. The summed E-state index contributed by atoms with van der Waals surface area (Å²) >= 11 is 0. The number of hydrogen-bond acceptors (Lipinski definition) is 5. The number of nitrogens with zero attached hydrogens (tertiary/aromatic N) is 2. The van der Waals surface area contributed by atoms with E-state index in [9.17, 15) is 0 Å². The molecule has 1 aromatic heterocycles. The first-order chi connectivity index (χ1) is 8.78. The Morgan fingerprint density at radius 2 is 2.33 bits per heavy atom. The van der Waals surface area contributed by atoms with E-state index in [-0.39, 0.29) is 0 Å². The van der Waals surface area contributed by atoms with Crippen molar-refractivity contribution >= 4 is 11.8 Å². The van der Waals surface area contributed by atoms with Crippen molar-refractivity contribution in [2.45, 2.75) is 39.0 Å². The van der Waals surface area contributed by atoms with Crippen molar-refractivity contribution in [3.05, 3.63) is 12.3 Å². The summed E-state index contributed by atoms with van der Waals surface area (Å²) in [7, 11) is 0. The topological polar surface area (TPSA) is 75.9 Å². The fourth-order valence-electron chi connectivity index (χ4n) is 2.75. The summed E-state index contributed by atoms with van der Waals surface area (Å²) in [6.07, 6.45) is 8.47. The summed E-state index contributed by atoms with van der Waals surface area (Å²) in [4.78, 5) is 8.21. The highest BCUT2D eigenvalue weighted by Crippen LogP contribution is 2.30. The number of rotatable bonds is 5. The lowest BCUT2D eigenvalue weighted by molar-refractivity contribution is 0.274. The molecule has 1 aliphatic rings. The number of nitrogens with two attached hydrogens (primary N) is 1. The number of nitrogens with one attached hydrogen (secondary N) is 2. The molecule has 1 aliphatic carbocycles. The summed E-state index contributed by atoms with van der Waals surface area (Å²) in [6, 6.07) is 1.87. The zero-order chi connectivity index (χ0) is 12.8. The second kappa shape index (κ2) is 6.54. The highest BCUT2D eigenvalue weighted by molar-refractivity contribution is 5.38. The zero-order valence-corrected chi connectivity index (χ0v) is 11.0. The van der Waals surface area contributed by atoms with Crippen molar-refractivity contribution in [1.29, 1.82) is 0 Å². The molecular weight excluding hydrogens is 226 g/mol. The first-order valence-electron chi connectivity index (χ1n) is 6.81. The molecule has 5 heteroatoms. The lowest BCUT2D eigenvalue weighted by Gasteiger charge is -2.26. The molecule has 0 aliphatic heterocycles. The van der Waals surface area contributed by atoms with Crippen LogP contribution in [0, 0.1) is 11.8 Å². The van der Waals surface area contributed by atoms with E-state index >= 15 is 0 Å². The minimum atomic E-state index is 0.450. The van der Waals surface area contributed by atoms with Gasteiger partial charge in [-0.1, -0.05) is 26.2 Å². The van der Waals surface area contributed by atoms with Gasteiger partial charge < -0.3 is 5.32 Å². The second-order valence-electron chi connectivity index (χ2n) is 5.26. The van der Waals surface area contributed by atoms with Crippen molar-refractivity contribution < 1.29 is 0 Å². The SMILES string of the molecule is CC1CCCC(CCNc2ccnc(NN)n2)C1. The van der Waals surface area contributed by atoms with Crippen LogP contribution in [0.3, 0.4) is 0 Å². The van der Waals surface area contributed by atoms with Gasteiger partial charge in [0.05, 0.1) is 0 Å². The number of anilines is 2. The summed E-state index contributed by atoms with van der Waals surface area (Å²) in [6.45, 7) is 3.33. The van der Waals surface area contributed by atoms with Crippen molar-refractivity contribution in [2.24, 2.45) is 17.7 Å². The normalized spacial score (nSPS) is 23.7. The van der Waals surface area contributed by atoms with Crippen LogP contribution in [0.5, 0.6) is 0 Å². The Hall–Kier alpha value is -1.36. The second-order valence-corrected chi connectivity index (χ2v) is 5.26. The van der Waals surface area contributed by atoms with E-state index in [4.69, 9.17) is 5.84 Å². The molecule has 4 N–H and O–H groups in total. The van der Waals surface area contributed by atoms with Gasteiger partial charge in [0.25, 0.3) is 0 Å². The Kier molecular flexibility index (Phi) is 4.75. The van der Waals surface area contributed by atoms with Crippen molar-refractivity contribution in [3.63, 3.8) is 0 Å². The van der Waals surface area contributed by atoms with Crippen LogP contribution >= 0.6 is 0 Å². The van der Waals surface area contributed by atoms with Gasteiger partial charge in [0.15, 0.2) is 0 Å². The molecule has 2 unspecified atom stereocenters. The molecule has 100 valence electrons. The van der Waals surface area contributed by atoms with Crippen LogP contribution in [0.25, 0.3) is 0 Å². The van der Waals surface area contributed by atoms with Gasteiger partial charge in [0, 0.05) is 12.7 Å². The highest BCUT2D eigenvalue weighted by Gasteiger charge is 2.18. The zero-order valence-electron chi connectivity index (χ0n) is 11.0. The van der Waals surface area contributed by atoms with Gasteiger partial charge in [-0.3, -0.25) is 5.43 Å². The van der Waals surface area contributed by atoms with Crippen LogP contribution in [0.4, 0.5) is 11.8 Å². The number of aromatic nitrogens is 2. The lowest BCUT2D eigenvalue weighted by atomic mass is 9.81. The summed E-state index contributed by atoms with van der Waals surface area (Å²) < 4.78 is 0. The van der Waals surface area contributed by atoms with Gasteiger partial charge in [-0.25, -0.2) is 10.8 Å². The van der Waals surface area contributed by atoms with E-state index in [0.717, 1.165) is 24.2 Å². The molecule has 0 bridgehead atoms. The minimum absolute atomic E-state index is 0.450. The van der Waals surface area contributed by atoms with Crippen molar-refractivity contribution in [2.75, 3.05) is 17.3 Å². The Morgan fingerprint density at radius 1 is 1.44 bits per heavy atom. The van der Waals surface area contributed by atoms with Gasteiger partial charge >= 0.3 is 0 Å². The molecule has 0 radical (unpaired) electrons. The molecule has 0 aromatic carbocycles. The smallest absolute Gasteiger partial charge is 0.239 e. The Bertz CT molecular complexity index is 368. The monoisotopic (exact) mass is 249 g/mol. The number of hydrazine groups is 1. The van der Waals surface area contributed by atoms with Crippen LogP contribution in [0.2, 0.25) is 0 Å². The van der Waals surface area contributed by atoms with Crippen LogP contribution in [0.1, 0.15) is 39.0 Å². The highest BCUT2D eigenvalue weighted by atomic mass is 15.3. The molecule has 18 heavy (non-hydrogen) atoms. The largest absolute Gasteiger partial charge is 0.370 e. The average Bonchev–Trinajstić information content (AvgIpc) is 2.39. The third-order valence-electron chi connectivity index (χ3n) is 3.69. The quantitative estimate of drug-likeness (QED) is 0.552. The third kappa shape index (κ3) is 3.84. The molecular formula is C13H23N5. The van der Waals surface area contributed by atoms with E-state index in [0.29, 0.717) is 5.95 Å². The molecule has 1 aromatic rings. The predicted molar refractivity (Wildman–Crippen MR) is 74.1 cm³/mol. The molecule has 2 atom stereocenters. The molecule has 1 heterocycles. The van der Waals surface area contributed by atoms with Gasteiger partial charge in [0.1, 0.15) is 5.82 Å². The Morgan fingerprint density at radius 3 is 3.11 bits per heavy atom. The van der Waals surface area contributed by atoms with E-state index in [2.05, 4.69) is 27.6 Å². The minimum Gasteiger partial charge on any atom is -0.370 e. The summed E-state index contributed by atoms with van der Waals surface area (Å²) in [5, 5.41) is 3.33. The molecule has 1 saturated carbocycles. The van der Waals surface area contributed by atoms with Crippen molar-refractivity contribution in [1.82, 2.24) is 9.97 Å². The molecule has 0 spiro atoms. The molecule has 0 amide bonds. The Labute approximate surface area is 109 Å². The standard InChI is InChI=1S/C13H23N5/c1-10-3-2-4-11(9-10)5-7-15-12-6-8-16-13(17-12)18-14/h6,8,10-11H,2-5,7,9,14H2,1H3,(H2,15,16,17,18). The van der Waals surface area contributed by atoms with E-state index < -0.39 is 0 Å². The van der Waals surface area contributed by atoms with Crippen molar-refractivity contribution in [3.8, 4) is 0 Å².